The van der Waals surface area contributed by atoms with Crippen molar-refractivity contribution in [1.82, 2.24) is 15.0 Å². The number of nitrogens with zero attached hydrogens (tertiary/aromatic N) is 2. The lowest BCUT2D eigenvalue weighted by Crippen LogP contribution is -2.04. The Morgan fingerprint density at radius 2 is 1.15 bits per heavy atom. The van der Waals surface area contributed by atoms with Crippen LogP contribution in [0.15, 0.2) is 90.0 Å². The number of nitrogens with one attached hydrogen (secondary N) is 1. The van der Waals surface area contributed by atoms with E-state index in [2.05, 4.69) is 15.0 Å². The van der Waals surface area contributed by atoms with Crippen LogP contribution in [-0.4, -0.2) is 15.0 Å². The van der Waals surface area contributed by atoms with Crippen LogP contribution < -0.4 is 5.43 Å². The molecule has 0 fully saturated rings. The lowest BCUT2D eigenvalue weighted by atomic mass is 10.0. The highest BCUT2D eigenvalue weighted by Crippen LogP contribution is 2.24. The first-order valence-corrected chi connectivity index (χ1v) is 8.72. The van der Waals surface area contributed by atoms with E-state index in [-0.39, 0.29) is 5.43 Å². The molecule has 0 spiro atoms. The Morgan fingerprint density at radius 1 is 0.630 bits per heavy atom. The van der Waals surface area contributed by atoms with Gasteiger partial charge in [0, 0.05) is 45.3 Å². The Bertz CT molecular complexity index is 1230. The molecular formula is C23H15N3O. The average Bonchev–Trinajstić information content (AvgIpc) is 2.75. The molecule has 0 aliphatic heterocycles. The molecule has 3 heterocycles. The molecule has 3 aromatic heterocycles. The molecule has 0 saturated carbocycles. The molecule has 4 heteroatoms. The zero-order chi connectivity index (χ0) is 18.2. The van der Waals surface area contributed by atoms with Crippen molar-refractivity contribution in [1.29, 1.82) is 0 Å². The summed E-state index contributed by atoms with van der Waals surface area (Å²) in [5, 5.41) is 1.31. The van der Waals surface area contributed by atoms with E-state index in [1.165, 1.54) is 0 Å². The predicted octanol–water partition coefficient (Wildman–Crippen LogP) is 4.81. The molecule has 27 heavy (non-hydrogen) atoms. The molecule has 0 aliphatic carbocycles. The van der Waals surface area contributed by atoms with Crippen LogP contribution in [0.5, 0.6) is 0 Å². The fourth-order valence-electron chi connectivity index (χ4n) is 3.36. The first-order valence-electron chi connectivity index (χ1n) is 8.72. The zero-order valence-electron chi connectivity index (χ0n) is 14.4. The molecular weight excluding hydrogens is 334 g/mol. The highest BCUT2D eigenvalue weighted by molar-refractivity contribution is 5.95. The topological polar surface area (TPSA) is 58.6 Å². The van der Waals surface area contributed by atoms with Crippen molar-refractivity contribution in [2.75, 3.05) is 0 Å². The Balaban J connectivity index is 1.75. The van der Waals surface area contributed by atoms with Crippen molar-refractivity contribution in [2.45, 2.75) is 0 Å². The van der Waals surface area contributed by atoms with E-state index in [0.29, 0.717) is 10.8 Å². The molecule has 0 saturated heterocycles. The Hall–Kier alpha value is -3.79. The first kappa shape index (κ1) is 15.5. The van der Waals surface area contributed by atoms with Crippen molar-refractivity contribution < 1.29 is 0 Å². The van der Waals surface area contributed by atoms with Gasteiger partial charge in [0.25, 0.3) is 0 Å². The number of hydrogen-bond acceptors (Lipinski definition) is 3. The third kappa shape index (κ3) is 2.68. The second-order valence-electron chi connectivity index (χ2n) is 6.40. The van der Waals surface area contributed by atoms with Crippen LogP contribution in [0.3, 0.4) is 0 Å². The largest absolute Gasteiger partial charge is 0.354 e. The number of hydrogen-bond donors (Lipinski definition) is 1. The number of fused-ring (bicyclic) bond motifs is 2. The highest BCUT2D eigenvalue weighted by Gasteiger charge is 2.09. The minimum absolute atomic E-state index is 0.00862. The summed E-state index contributed by atoms with van der Waals surface area (Å²) in [5.74, 6) is 0. The van der Waals surface area contributed by atoms with Crippen molar-refractivity contribution in [2.24, 2.45) is 0 Å². The molecule has 0 atom stereocenters. The first-order chi connectivity index (χ1) is 13.3. The standard InChI is InChI=1S/C23H15N3O/c27-23-17-13-15(19-5-1-3-11-24-19)7-9-21(17)26-22-10-8-16(14-18(22)23)20-6-2-4-12-25-20/h1-14H,(H,26,27). The summed E-state index contributed by atoms with van der Waals surface area (Å²) < 4.78 is 0. The van der Waals surface area contributed by atoms with Crippen LogP contribution in [0.4, 0.5) is 0 Å². The molecule has 1 N–H and O–H groups in total. The van der Waals surface area contributed by atoms with Gasteiger partial charge in [-0.05, 0) is 48.5 Å². The van der Waals surface area contributed by atoms with E-state index in [1.807, 2.05) is 72.8 Å². The number of rotatable bonds is 2. The summed E-state index contributed by atoms with van der Waals surface area (Å²) in [6.45, 7) is 0. The minimum atomic E-state index is 0.00862. The van der Waals surface area contributed by atoms with Gasteiger partial charge in [-0.1, -0.05) is 24.3 Å². The normalized spacial score (nSPS) is 11.1. The summed E-state index contributed by atoms with van der Waals surface area (Å²) in [6, 6.07) is 23.2. The Labute approximate surface area is 155 Å². The van der Waals surface area contributed by atoms with E-state index in [1.54, 1.807) is 12.4 Å². The summed E-state index contributed by atoms with van der Waals surface area (Å²) in [5.41, 5.74) is 5.19. The summed E-state index contributed by atoms with van der Waals surface area (Å²) in [4.78, 5) is 25.3. The van der Waals surface area contributed by atoms with E-state index in [4.69, 9.17) is 0 Å². The molecule has 0 amide bonds. The molecule has 0 bridgehead atoms. The van der Waals surface area contributed by atoms with Gasteiger partial charge in [0.05, 0.1) is 11.4 Å². The van der Waals surface area contributed by atoms with Gasteiger partial charge in [-0.3, -0.25) is 14.8 Å². The van der Waals surface area contributed by atoms with E-state index < -0.39 is 0 Å². The van der Waals surface area contributed by atoms with Gasteiger partial charge in [0.1, 0.15) is 0 Å². The molecule has 0 aliphatic rings. The number of benzene rings is 2. The van der Waals surface area contributed by atoms with Crippen LogP contribution in [0.25, 0.3) is 44.3 Å². The number of aromatic nitrogens is 3. The Kier molecular flexibility index (Phi) is 3.54. The third-order valence-electron chi connectivity index (χ3n) is 4.72. The van der Waals surface area contributed by atoms with Gasteiger partial charge in [-0.25, -0.2) is 0 Å². The molecule has 5 aromatic rings. The van der Waals surface area contributed by atoms with Gasteiger partial charge < -0.3 is 4.98 Å². The van der Waals surface area contributed by atoms with Crippen LogP contribution in [0.1, 0.15) is 0 Å². The second-order valence-corrected chi connectivity index (χ2v) is 6.40. The van der Waals surface area contributed by atoms with Gasteiger partial charge in [-0.2, -0.15) is 0 Å². The second kappa shape index (κ2) is 6.18. The summed E-state index contributed by atoms with van der Waals surface area (Å²) in [7, 11) is 0. The SMILES string of the molecule is O=c1c2cc(-c3ccccn3)ccc2[nH]c2ccc(-c3ccccn3)cc12. The molecule has 4 nitrogen and oxygen atoms in total. The molecule has 2 aromatic carbocycles. The fourth-order valence-corrected chi connectivity index (χ4v) is 3.36. The van der Waals surface area contributed by atoms with Crippen molar-refractivity contribution in [3.8, 4) is 22.5 Å². The van der Waals surface area contributed by atoms with Gasteiger partial charge >= 0.3 is 0 Å². The van der Waals surface area contributed by atoms with Crippen LogP contribution in [0.2, 0.25) is 0 Å². The summed E-state index contributed by atoms with van der Waals surface area (Å²) in [6.07, 6.45) is 3.51. The monoisotopic (exact) mass is 349 g/mol. The zero-order valence-corrected chi connectivity index (χ0v) is 14.4. The van der Waals surface area contributed by atoms with E-state index in [9.17, 15) is 4.79 Å². The van der Waals surface area contributed by atoms with Crippen LogP contribution in [-0.2, 0) is 0 Å². The third-order valence-corrected chi connectivity index (χ3v) is 4.72. The maximum atomic E-state index is 13.2. The molecule has 128 valence electrons. The van der Waals surface area contributed by atoms with Gasteiger partial charge in [-0.15, -0.1) is 0 Å². The van der Waals surface area contributed by atoms with Crippen molar-refractivity contribution in [3.63, 3.8) is 0 Å². The average molecular weight is 349 g/mol. The van der Waals surface area contributed by atoms with Crippen molar-refractivity contribution in [3.05, 3.63) is 95.4 Å². The van der Waals surface area contributed by atoms with E-state index in [0.717, 1.165) is 33.5 Å². The molecule has 5 rings (SSSR count). The van der Waals surface area contributed by atoms with Gasteiger partial charge in [0.2, 0.25) is 0 Å². The lowest BCUT2D eigenvalue weighted by Gasteiger charge is -2.07. The predicted molar refractivity (Wildman–Crippen MR) is 109 cm³/mol. The number of pyridine rings is 3. The minimum Gasteiger partial charge on any atom is -0.354 e. The van der Waals surface area contributed by atoms with Gasteiger partial charge in [0.15, 0.2) is 5.43 Å². The highest BCUT2D eigenvalue weighted by atomic mass is 16.1. The maximum absolute atomic E-state index is 13.2. The lowest BCUT2D eigenvalue weighted by molar-refractivity contribution is 1.32. The van der Waals surface area contributed by atoms with Crippen molar-refractivity contribution >= 4 is 21.8 Å². The maximum Gasteiger partial charge on any atom is 0.197 e. The van der Waals surface area contributed by atoms with Crippen LogP contribution >= 0.6 is 0 Å². The summed E-state index contributed by atoms with van der Waals surface area (Å²) >= 11 is 0. The van der Waals surface area contributed by atoms with E-state index >= 15 is 0 Å². The number of H-pyrrole nitrogens is 1. The van der Waals surface area contributed by atoms with Crippen LogP contribution in [0, 0.1) is 0 Å². The number of aromatic amines is 1. The smallest absolute Gasteiger partial charge is 0.197 e. The molecule has 0 unspecified atom stereocenters. The quantitative estimate of drug-likeness (QED) is 0.466. The Morgan fingerprint density at radius 3 is 1.59 bits per heavy atom. The fraction of sp³-hybridized carbons (Fsp3) is 0. The molecule has 0 radical (unpaired) electrons.